The number of rotatable bonds is 2. The molecule has 1 rings (SSSR count). The monoisotopic (exact) mass is 183 g/mol. The molecule has 1 saturated heterocycles. The van der Waals surface area contributed by atoms with Gasteiger partial charge in [0, 0.05) is 19.0 Å². The Bertz CT molecular complexity index is 114. The van der Waals surface area contributed by atoms with Crippen LogP contribution in [0.15, 0.2) is 0 Å². The van der Waals surface area contributed by atoms with Gasteiger partial charge in [-0.05, 0) is 0 Å². The van der Waals surface area contributed by atoms with E-state index >= 15 is 0 Å². The van der Waals surface area contributed by atoms with Crippen molar-refractivity contribution >= 4 is 12.4 Å². The second-order valence-corrected chi connectivity index (χ2v) is 2.64. The average Bonchev–Trinajstić information content (AvgIpc) is 2.34. The Morgan fingerprint density at radius 2 is 2.09 bits per heavy atom. The molecular weight excluding hydrogens is 170 g/mol. The fourth-order valence-corrected chi connectivity index (χ4v) is 1.21. The van der Waals surface area contributed by atoms with Crippen LogP contribution in [-0.2, 0) is 0 Å². The summed E-state index contributed by atoms with van der Waals surface area (Å²) in [6.45, 7) is 0.827. The Labute approximate surface area is 71.6 Å². The van der Waals surface area contributed by atoms with Crippen molar-refractivity contribution in [1.29, 1.82) is 0 Å². The lowest BCUT2D eigenvalue weighted by Gasteiger charge is -2.17. The maximum Gasteiger partial charge on any atom is 0.0836 e. The van der Waals surface area contributed by atoms with E-state index in [2.05, 4.69) is 5.32 Å². The highest BCUT2D eigenvalue weighted by Gasteiger charge is 2.30. The molecule has 1 aliphatic rings. The molecule has 0 radical (unpaired) electrons. The first kappa shape index (κ1) is 11.1. The lowest BCUT2D eigenvalue weighted by atomic mass is 10.0. The molecular formula is C6H14ClNO3. The van der Waals surface area contributed by atoms with Crippen LogP contribution in [0.3, 0.4) is 0 Å². The van der Waals surface area contributed by atoms with Gasteiger partial charge in [-0.2, -0.15) is 0 Å². The Hall–Kier alpha value is 0.130. The molecule has 1 fully saturated rings. The van der Waals surface area contributed by atoms with E-state index in [1.54, 1.807) is 0 Å². The molecule has 4 N–H and O–H groups in total. The highest BCUT2D eigenvalue weighted by Crippen LogP contribution is 2.12. The van der Waals surface area contributed by atoms with E-state index < -0.39 is 12.2 Å². The van der Waals surface area contributed by atoms with Gasteiger partial charge in [-0.3, -0.25) is 0 Å². The van der Waals surface area contributed by atoms with Crippen LogP contribution in [0.2, 0.25) is 0 Å². The van der Waals surface area contributed by atoms with Crippen LogP contribution in [0.1, 0.15) is 0 Å². The van der Waals surface area contributed by atoms with E-state index in [1.807, 2.05) is 0 Å². The van der Waals surface area contributed by atoms with Crippen molar-refractivity contribution in [3.05, 3.63) is 0 Å². The Morgan fingerprint density at radius 3 is 2.45 bits per heavy atom. The summed E-state index contributed by atoms with van der Waals surface area (Å²) in [7, 11) is 0. The first-order chi connectivity index (χ1) is 4.75. The van der Waals surface area contributed by atoms with Crippen LogP contribution >= 0.6 is 12.4 Å². The number of hydrogen-bond donors (Lipinski definition) is 4. The minimum absolute atomic E-state index is 0. The van der Waals surface area contributed by atoms with E-state index in [0.717, 1.165) is 0 Å². The summed E-state index contributed by atoms with van der Waals surface area (Å²) in [5.74, 6) is -0.204. The molecule has 0 saturated carbocycles. The molecule has 68 valence electrons. The Morgan fingerprint density at radius 1 is 1.45 bits per heavy atom. The largest absolute Gasteiger partial charge is 0.394 e. The zero-order valence-electron chi connectivity index (χ0n) is 6.10. The molecule has 0 amide bonds. The molecule has 0 bridgehead atoms. The molecule has 1 heterocycles. The molecule has 0 aromatic carbocycles. The Balaban J connectivity index is 0.000001000. The predicted molar refractivity (Wildman–Crippen MR) is 42.7 cm³/mol. The van der Waals surface area contributed by atoms with Gasteiger partial charge < -0.3 is 20.6 Å². The van der Waals surface area contributed by atoms with Crippen molar-refractivity contribution in [2.75, 3.05) is 19.7 Å². The zero-order valence-corrected chi connectivity index (χ0v) is 6.92. The fourth-order valence-electron chi connectivity index (χ4n) is 1.21. The summed E-state index contributed by atoms with van der Waals surface area (Å²) in [6.07, 6.45) is -1.30. The van der Waals surface area contributed by atoms with E-state index in [0.29, 0.717) is 13.1 Å². The SMILES string of the molecule is Cl.OC[C@@H](O)[C@@H]1CNC[C@H]1O. The van der Waals surface area contributed by atoms with Gasteiger partial charge in [0.2, 0.25) is 0 Å². The van der Waals surface area contributed by atoms with E-state index in [9.17, 15) is 0 Å². The number of hydrogen-bond acceptors (Lipinski definition) is 4. The first-order valence-corrected chi connectivity index (χ1v) is 3.43. The summed E-state index contributed by atoms with van der Waals surface area (Å²) < 4.78 is 0. The fraction of sp³-hybridized carbons (Fsp3) is 1.00. The molecule has 0 aliphatic carbocycles. The minimum Gasteiger partial charge on any atom is -0.394 e. The highest BCUT2D eigenvalue weighted by atomic mass is 35.5. The van der Waals surface area contributed by atoms with Crippen molar-refractivity contribution in [3.63, 3.8) is 0 Å². The van der Waals surface area contributed by atoms with E-state index in [4.69, 9.17) is 15.3 Å². The van der Waals surface area contributed by atoms with Gasteiger partial charge in [-0.15, -0.1) is 12.4 Å². The molecule has 0 unspecified atom stereocenters. The van der Waals surface area contributed by atoms with Gasteiger partial charge in [0.05, 0.1) is 18.8 Å². The van der Waals surface area contributed by atoms with Crippen LogP contribution in [0.25, 0.3) is 0 Å². The lowest BCUT2D eigenvalue weighted by Crippen LogP contribution is -2.32. The predicted octanol–water partition coefficient (Wildman–Crippen LogP) is -1.66. The second kappa shape index (κ2) is 4.90. The average molecular weight is 184 g/mol. The third-order valence-electron chi connectivity index (χ3n) is 1.91. The topological polar surface area (TPSA) is 72.7 Å². The van der Waals surface area contributed by atoms with Gasteiger partial charge in [0.25, 0.3) is 0 Å². The smallest absolute Gasteiger partial charge is 0.0836 e. The van der Waals surface area contributed by atoms with Crippen molar-refractivity contribution < 1.29 is 15.3 Å². The zero-order chi connectivity index (χ0) is 7.56. The second-order valence-electron chi connectivity index (χ2n) is 2.64. The van der Waals surface area contributed by atoms with Crippen molar-refractivity contribution in [2.45, 2.75) is 12.2 Å². The quantitative estimate of drug-likeness (QED) is 0.414. The molecule has 3 atom stereocenters. The van der Waals surface area contributed by atoms with Gasteiger partial charge in [-0.25, -0.2) is 0 Å². The standard InChI is InChI=1S/C6H13NO3.ClH/c8-3-6(10)4-1-7-2-5(4)9;/h4-10H,1-3H2;1H/t4-,5-,6-;/m1./s1. The van der Waals surface area contributed by atoms with Gasteiger partial charge in [0.1, 0.15) is 0 Å². The van der Waals surface area contributed by atoms with Crippen LogP contribution < -0.4 is 5.32 Å². The van der Waals surface area contributed by atoms with Gasteiger partial charge >= 0.3 is 0 Å². The molecule has 0 spiro atoms. The van der Waals surface area contributed by atoms with Crippen LogP contribution in [-0.4, -0.2) is 47.2 Å². The maximum atomic E-state index is 9.16. The van der Waals surface area contributed by atoms with Crippen molar-refractivity contribution in [3.8, 4) is 0 Å². The van der Waals surface area contributed by atoms with E-state index in [1.165, 1.54) is 0 Å². The van der Waals surface area contributed by atoms with Gasteiger partial charge in [0.15, 0.2) is 0 Å². The summed E-state index contributed by atoms with van der Waals surface area (Å²) in [5, 5.41) is 29.7. The number of β-amino-alcohol motifs (C(OH)–C–C–N with tert-alkyl or cyclic N) is 1. The summed E-state index contributed by atoms with van der Waals surface area (Å²) in [5.41, 5.74) is 0. The summed E-state index contributed by atoms with van der Waals surface area (Å²) >= 11 is 0. The maximum absolute atomic E-state index is 9.16. The number of aliphatic hydroxyl groups excluding tert-OH is 3. The number of halogens is 1. The van der Waals surface area contributed by atoms with Crippen LogP contribution in [0.4, 0.5) is 0 Å². The molecule has 5 heteroatoms. The summed E-state index contributed by atoms with van der Waals surface area (Å²) in [4.78, 5) is 0. The normalized spacial score (nSPS) is 33.0. The van der Waals surface area contributed by atoms with Gasteiger partial charge in [-0.1, -0.05) is 0 Å². The van der Waals surface area contributed by atoms with Crippen molar-refractivity contribution in [2.24, 2.45) is 5.92 Å². The minimum atomic E-state index is -0.787. The lowest BCUT2D eigenvalue weighted by molar-refractivity contribution is 0.00704. The Kier molecular flexibility index (Phi) is 4.96. The van der Waals surface area contributed by atoms with Crippen molar-refractivity contribution in [1.82, 2.24) is 5.32 Å². The van der Waals surface area contributed by atoms with E-state index in [-0.39, 0.29) is 24.9 Å². The first-order valence-electron chi connectivity index (χ1n) is 3.43. The molecule has 1 aliphatic heterocycles. The number of nitrogens with one attached hydrogen (secondary N) is 1. The van der Waals surface area contributed by atoms with Crippen LogP contribution in [0, 0.1) is 5.92 Å². The molecule has 11 heavy (non-hydrogen) atoms. The van der Waals surface area contributed by atoms with Crippen LogP contribution in [0.5, 0.6) is 0 Å². The highest BCUT2D eigenvalue weighted by molar-refractivity contribution is 5.85. The third-order valence-corrected chi connectivity index (χ3v) is 1.91. The number of aliphatic hydroxyl groups is 3. The summed E-state index contributed by atoms with van der Waals surface area (Å²) in [6, 6.07) is 0. The molecule has 4 nitrogen and oxygen atoms in total. The molecule has 0 aromatic rings. The third kappa shape index (κ3) is 2.57. The molecule has 0 aromatic heterocycles.